The number of likely N-dealkylation sites (tertiary alicyclic amines) is 1. The maximum atomic E-state index is 12.5. The van der Waals surface area contributed by atoms with E-state index in [9.17, 15) is 19.8 Å². The number of ether oxygens (including phenoxy) is 1. The fourth-order valence-electron chi connectivity index (χ4n) is 9.93. The Hall–Kier alpha value is -1.90. The highest BCUT2D eigenvalue weighted by molar-refractivity contribution is 5.67. The third-order valence-corrected chi connectivity index (χ3v) is 12.3. The summed E-state index contributed by atoms with van der Waals surface area (Å²) in [5.74, 6) is 0.510. The van der Waals surface area contributed by atoms with Gasteiger partial charge in [0.25, 0.3) is 0 Å². The van der Waals surface area contributed by atoms with Gasteiger partial charge in [-0.15, -0.1) is 0 Å². The van der Waals surface area contributed by atoms with Crippen LogP contribution in [0, 0.1) is 22.7 Å². The smallest absolute Gasteiger partial charge is 0.407 e. The number of rotatable bonds is 5. The summed E-state index contributed by atoms with van der Waals surface area (Å²) < 4.78 is 10.7. The van der Waals surface area contributed by atoms with Crippen molar-refractivity contribution >= 4 is 6.09 Å². The van der Waals surface area contributed by atoms with Crippen LogP contribution in [0.25, 0.3) is 0 Å². The molecule has 0 unspecified atom stereocenters. The number of aliphatic hydroxyl groups is 2. The van der Waals surface area contributed by atoms with E-state index in [1.165, 1.54) is 18.9 Å². The Balaban J connectivity index is 1.12. The number of hydrogen-bond acceptors (Lipinski definition) is 7. The number of hydrogen-bond donors (Lipinski definition) is 3. The molecular formula is C31H46N2O6. The van der Waals surface area contributed by atoms with Crippen molar-refractivity contribution < 1.29 is 24.2 Å². The first-order valence-corrected chi connectivity index (χ1v) is 15.3. The predicted octanol–water partition coefficient (Wildman–Crippen LogP) is 4.19. The minimum absolute atomic E-state index is 0.0977. The molecule has 1 saturated heterocycles. The molecule has 0 spiro atoms. The fourth-order valence-corrected chi connectivity index (χ4v) is 9.93. The van der Waals surface area contributed by atoms with Crippen molar-refractivity contribution in [1.29, 1.82) is 0 Å². The second kappa shape index (κ2) is 9.88. The van der Waals surface area contributed by atoms with E-state index >= 15 is 0 Å². The number of carbonyl (C=O) groups is 1. The molecule has 4 saturated carbocycles. The molecule has 1 amide bonds. The van der Waals surface area contributed by atoms with Crippen LogP contribution in [-0.2, 0) is 4.74 Å². The summed E-state index contributed by atoms with van der Waals surface area (Å²) in [4.78, 5) is 26.4. The van der Waals surface area contributed by atoms with Crippen LogP contribution in [0.1, 0.15) is 96.0 Å². The molecule has 8 heteroatoms. The number of alkyl carbamates (subject to hydrolysis) is 1. The second-order valence-corrected chi connectivity index (χ2v) is 13.8. The van der Waals surface area contributed by atoms with E-state index in [4.69, 9.17) is 9.15 Å². The average molecular weight is 543 g/mol. The van der Waals surface area contributed by atoms with Crippen LogP contribution in [0.3, 0.4) is 0 Å². The Morgan fingerprint density at radius 2 is 1.77 bits per heavy atom. The number of fused-ring (bicyclic) bond motifs is 5. The summed E-state index contributed by atoms with van der Waals surface area (Å²) in [6.07, 6.45) is 10.7. The number of nitrogens with zero attached hydrogens (tertiary/aromatic N) is 1. The quantitative estimate of drug-likeness (QED) is 0.512. The van der Waals surface area contributed by atoms with Gasteiger partial charge < -0.3 is 24.7 Å². The molecule has 216 valence electrons. The van der Waals surface area contributed by atoms with Crippen molar-refractivity contribution in [3.63, 3.8) is 0 Å². The second-order valence-electron chi connectivity index (χ2n) is 13.8. The Morgan fingerprint density at radius 1 is 1.03 bits per heavy atom. The Bertz CT molecular complexity index is 1110. The van der Waals surface area contributed by atoms with Crippen molar-refractivity contribution in [2.24, 2.45) is 22.7 Å². The highest BCUT2D eigenvalue weighted by Crippen LogP contribution is 2.71. The molecule has 4 aliphatic carbocycles. The largest absolute Gasteiger partial charge is 0.448 e. The van der Waals surface area contributed by atoms with Gasteiger partial charge in [-0.25, -0.2) is 9.59 Å². The molecule has 1 aromatic rings. The summed E-state index contributed by atoms with van der Waals surface area (Å²) in [6.45, 7) is 7.81. The van der Waals surface area contributed by atoms with Crippen LogP contribution in [0.15, 0.2) is 27.6 Å². The fraction of sp³-hybridized carbons (Fsp3) is 0.806. The molecule has 8 nitrogen and oxygen atoms in total. The Morgan fingerprint density at radius 3 is 2.51 bits per heavy atom. The van der Waals surface area contributed by atoms with E-state index in [0.29, 0.717) is 19.4 Å². The molecule has 6 rings (SSSR count). The molecule has 1 aromatic heterocycles. The van der Waals surface area contributed by atoms with E-state index in [1.807, 2.05) is 6.07 Å². The van der Waals surface area contributed by atoms with Gasteiger partial charge in [0.2, 0.25) is 0 Å². The van der Waals surface area contributed by atoms with E-state index < -0.39 is 11.2 Å². The summed E-state index contributed by atoms with van der Waals surface area (Å²) >= 11 is 0. The first-order chi connectivity index (χ1) is 18.6. The maximum absolute atomic E-state index is 12.5. The first-order valence-electron chi connectivity index (χ1n) is 15.3. The molecule has 0 aromatic carbocycles. The van der Waals surface area contributed by atoms with Crippen LogP contribution < -0.4 is 10.9 Å². The van der Waals surface area contributed by atoms with Gasteiger partial charge in [-0.3, -0.25) is 4.90 Å². The topological polar surface area (TPSA) is 112 Å². The highest BCUT2D eigenvalue weighted by atomic mass is 16.5. The molecular weight excluding hydrogens is 496 g/mol. The van der Waals surface area contributed by atoms with E-state index in [-0.39, 0.29) is 46.3 Å². The van der Waals surface area contributed by atoms with Gasteiger partial charge in [0.1, 0.15) is 6.61 Å². The molecule has 5 aliphatic rings. The maximum Gasteiger partial charge on any atom is 0.407 e. The molecule has 0 radical (unpaired) electrons. The van der Waals surface area contributed by atoms with Crippen LogP contribution >= 0.6 is 0 Å². The van der Waals surface area contributed by atoms with Crippen LogP contribution in [0.2, 0.25) is 0 Å². The summed E-state index contributed by atoms with van der Waals surface area (Å²) in [5, 5.41) is 27.6. The van der Waals surface area contributed by atoms with Gasteiger partial charge in [0.15, 0.2) is 0 Å². The number of amides is 1. The van der Waals surface area contributed by atoms with Gasteiger partial charge in [0.05, 0.1) is 17.5 Å². The van der Waals surface area contributed by atoms with Crippen LogP contribution in [0.4, 0.5) is 4.79 Å². The summed E-state index contributed by atoms with van der Waals surface area (Å²) in [7, 11) is 0. The minimum atomic E-state index is -0.870. The third kappa shape index (κ3) is 4.36. The van der Waals surface area contributed by atoms with E-state index in [2.05, 4.69) is 24.1 Å². The molecule has 0 bridgehead atoms. The predicted molar refractivity (Wildman–Crippen MR) is 146 cm³/mol. The molecule has 8 atom stereocenters. The monoisotopic (exact) mass is 542 g/mol. The zero-order valence-electron chi connectivity index (χ0n) is 23.6. The van der Waals surface area contributed by atoms with Crippen molar-refractivity contribution in [3.05, 3.63) is 34.4 Å². The van der Waals surface area contributed by atoms with Gasteiger partial charge in [-0.05, 0) is 119 Å². The van der Waals surface area contributed by atoms with E-state index in [0.717, 1.165) is 70.1 Å². The Kier molecular flexibility index (Phi) is 6.91. The minimum Gasteiger partial charge on any atom is -0.448 e. The summed E-state index contributed by atoms with van der Waals surface area (Å²) in [5.41, 5.74) is -1.62. The molecule has 3 N–H and O–H groups in total. The van der Waals surface area contributed by atoms with Crippen LogP contribution in [-0.4, -0.2) is 64.7 Å². The summed E-state index contributed by atoms with van der Waals surface area (Å²) in [6, 6.07) is 3.25. The van der Waals surface area contributed by atoms with Crippen LogP contribution in [0.5, 0.6) is 0 Å². The third-order valence-electron chi connectivity index (χ3n) is 12.3. The standard InChI is InChI=1S/C31H46N2O6/c1-28-11-7-22(32-27(35)38-18-17-33-15-3-4-16-33)19-30(28,36)13-9-25-24(28)8-12-29(2)23(10-14-31(25,29)37)21-5-6-26(34)39-20-21/h5-6,20,22-25,36-37H,3-4,7-19H2,1-2H3,(H,32,35)/t22-,23+,24-,25+,28+,29+,30-,31-/m0/s1. The SMILES string of the molecule is C[C@]12CC[C@H](NC(=O)OCCN3CCCC3)C[C@@]1(O)CC[C@@H]1[C@@H]2CC[C@]2(C)[C@@H](c3ccc(=O)oc3)CC[C@]12O. The lowest BCUT2D eigenvalue weighted by atomic mass is 9.42. The molecule has 2 heterocycles. The van der Waals surface area contributed by atoms with Crippen molar-refractivity contribution in [2.45, 2.75) is 108 Å². The first kappa shape index (κ1) is 27.3. The zero-order valence-corrected chi connectivity index (χ0v) is 23.6. The Labute approximate surface area is 231 Å². The lowest BCUT2D eigenvalue weighted by Gasteiger charge is -2.66. The zero-order chi connectivity index (χ0) is 27.5. The van der Waals surface area contributed by atoms with Gasteiger partial charge in [-0.2, -0.15) is 0 Å². The van der Waals surface area contributed by atoms with Gasteiger partial charge in [0, 0.05) is 24.1 Å². The van der Waals surface area contributed by atoms with Crippen molar-refractivity contribution in [2.75, 3.05) is 26.2 Å². The molecule has 39 heavy (non-hydrogen) atoms. The number of nitrogens with one attached hydrogen (secondary N) is 1. The average Bonchev–Trinajstić information content (AvgIpc) is 3.51. The lowest BCUT2D eigenvalue weighted by molar-refractivity contribution is -0.247. The van der Waals surface area contributed by atoms with E-state index in [1.54, 1.807) is 6.26 Å². The van der Waals surface area contributed by atoms with Gasteiger partial charge in [-0.1, -0.05) is 13.8 Å². The van der Waals surface area contributed by atoms with Gasteiger partial charge >= 0.3 is 11.7 Å². The van der Waals surface area contributed by atoms with Crippen molar-refractivity contribution in [1.82, 2.24) is 10.2 Å². The number of carbonyl (C=O) groups excluding carboxylic acids is 1. The van der Waals surface area contributed by atoms with Crippen molar-refractivity contribution in [3.8, 4) is 0 Å². The highest BCUT2D eigenvalue weighted by Gasteiger charge is 2.70. The lowest BCUT2D eigenvalue weighted by Crippen LogP contribution is -2.68. The molecule has 5 fully saturated rings. The normalized spacial score (nSPS) is 43.8. The molecule has 1 aliphatic heterocycles.